The number of carboxylic acids is 1. The minimum Gasteiger partial charge on any atom is -0.480 e. The van der Waals surface area contributed by atoms with Crippen LogP contribution in [-0.4, -0.2) is 57.6 Å². The van der Waals surface area contributed by atoms with Gasteiger partial charge >= 0.3 is 5.97 Å². The van der Waals surface area contributed by atoms with Crippen LogP contribution in [0.4, 0.5) is 0 Å². The average Bonchev–Trinajstić information content (AvgIpc) is 2.99. The summed E-state index contributed by atoms with van der Waals surface area (Å²) in [7, 11) is 0. The fourth-order valence-electron chi connectivity index (χ4n) is 1.10. The molecular formula is C9H17NO4S. The topological polar surface area (TPSA) is 89.8 Å². The third-order valence-corrected chi connectivity index (χ3v) is 3.31. The third kappa shape index (κ3) is 5.36. The minimum atomic E-state index is -0.854. The Kier molecular flexibility index (Phi) is 5.38. The Hall–Kier alpha value is -0.300. The van der Waals surface area contributed by atoms with Crippen molar-refractivity contribution >= 4 is 17.7 Å². The molecule has 1 rings (SSSR count). The highest BCUT2D eigenvalue weighted by molar-refractivity contribution is 7.99. The summed E-state index contributed by atoms with van der Waals surface area (Å²) in [6.45, 7) is -0.277. The molecule has 0 aromatic carbocycles. The smallest absolute Gasteiger partial charge is 0.321 e. The molecule has 0 saturated heterocycles. The highest BCUT2D eigenvalue weighted by Crippen LogP contribution is 2.20. The van der Waals surface area contributed by atoms with Gasteiger partial charge in [0.25, 0.3) is 0 Å². The molecule has 6 heteroatoms. The fraction of sp³-hybridized carbons (Fsp3) is 0.889. The minimum absolute atomic E-state index is 0.277. The molecule has 1 aliphatic carbocycles. The standard InChI is InChI=1S/C9H17NO4S/c11-3-7(12)4-15-5-8(9(13)14)10-6-1-2-6/h6-8,10-12H,1-5H2,(H,13,14). The first-order valence-electron chi connectivity index (χ1n) is 4.99. The van der Waals surface area contributed by atoms with Crippen LogP contribution >= 0.6 is 11.8 Å². The van der Waals surface area contributed by atoms with Gasteiger partial charge in [0.1, 0.15) is 6.04 Å². The first-order valence-corrected chi connectivity index (χ1v) is 6.14. The lowest BCUT2D eigenvalue weighted by molar-refractivity contribution is -0.138. The van der Waals surface area contributed by atoms with E-state index in [2.05, 4.69) is 5.32 Å². The maximum Gasteiger partial charge on any atom is 0.321 e. The van der Waals surface area contributed by atoms with Gasteiger partial charge in [-0.2, -0.15) is 11.8 Å². The summed E-state index contributed by atoms with van der Waals surface area (Å²) in [6.07, 6.45) is 1.34. The van der Waals surface area contributed by atoms with Gasteiger partial charge in [0.15, 0.2) is 0 Å². The Morgan fingerprint density at radius 2 is 2.13 bits per heavy atom. The second kappa shape index (κ2) is 6.32. The molecule has 2 unspecified atom stereocenters. The Morgan fingerprint density at radius 1 is 1.47 bits per heavy atom. The number of hydrogen-bond donors (Lipinski definition) is 4. The van der Waals surface area contributed by atoms with Gasteiger partial charge in [-0.25, -0.2) is 0 Å². The molecule has 0 aliphatic heterocycles. The van der Waals surface area contributed by atoms with E-state index >= 15 is 0 Å². The Labute approximate surface area is 92.9 Å². The molecule has 0 amide bonds. The van der Waals surface area contributed by atoms with Crippen molar-refractivity contribution in [2.75, 3.05) is 18.1 Å². The number of nitrogens with one attached hydrogen (secondary N) is 1. The van der Waals surface area contributed by atoms with E-state index in [1.807, 2.05) is 0 Å². The van der Waals surface area contributed by atoms with E-state index in [0.29, 0.717) is 17.5 Å². The highest BCUT2D eigenvalue weighted by atomic mass is 32.2. The van der Waals surface area contributed by atoms with Gasteiger partial charge in [-0.15, -0.1) is 0 Å². The van der Waals surface area contributed by atoms with Crippen molar-refractivity contribution in [2.45, 2.75) is 31.0 Å². The predicted octanol–water partition coefficient (Wildman–Crippen LogP) is -0.722. The van der Waals surface area contributed by atoms with Crippen molar-refractivity contribution in [3.63, 3.8) is 0 Å². The van der Waals surface area contributed by atoms with Gasteiger partial charge in [0, 0.05) is 17.5 Å². The number of aliphatic hydroxyl groups excluding tert-OH is 2. The molecule has 5 nitrogen and oxygen atoms in total. The van der Waals surface area contributed by atoms with E-state index in [-0.39, 0.29) is 6.61 Å². The molecule has 0 bridgehead atoms. The molecule has 1 aliphatic rings. The van der Waals surface area contributed by atoms with E-state index in [4.69, 9.17) is 15.3 Å². The molecule has 0 radical (unpaired) electrons. The zero-order valence-electron chi connectivity index (χ0n) is 8.43. The maximum absolute atomic E-state index is 10.8. The largest absolute Gasteiger partial charge is 0.480 e. The summed E-state index contributed by atoms with van der Waals surface area (Å²) in [4.78, 5) is 10.8. The molecular weight excluding hydrogens is 218 g/mol. The number of carboxylic acid groups (broad SMARTS) is 1. The number of aliphatic carboxylic acids is 1. The van der Waals surface area contributed by atoms with Crippen LogP contribution in [0.5, 0.6) is 0 Å². The molecule has 0 aromatic heterocycles. The second-order valence-electron chi connectivity index (χ2n) is 3.71. The molecule has 0 heterocycles. The van der Waals surface area contributed by atoms with Crippen LogP contribution in [0.25, 0.3) is 0 Å². The Morgan fingerprint density at radius 3 is 2.60 bits per heavy atom. The molecule has 2 atom stereocenters. The Balaban J connectivity index is 2.15. The van der Waals surface area contributed by atoms with E-state index in [0.717, 1.165) is 12.8 Å². The predicted molar refractivity (Wildman–Crippen MR) is 58.0 cm³/mol. The summed E-state index contributed by atoms with van der Waals surface area (Å²) in [6, 6.07) is -0.192. The molecule has 4 N–H and O–H groups in total. The van der Waals surface area contributed by atoms with Crippen molar-refractivity contribution in [2.24, 2.45) is 0 Å². The monoisotopic (exact) mass is 235 g/mol. The van der Waals surface area contributed by atoms with Gasteiger partial charge in [-0.05, 0) is 12.8 Å². The number of thioether (sulfide) groups is 1. The van der Waals surface area contributed by atoms with Crippen LogP contribution in [0.1, 0.15) is 12.8 Å². The molecule has 0 spiro atoms. The van der Waals surface area contributed by atoms with Gasteiger partial charge in [-0.1, -0.05) is 0 Å². The Bertz CT molecular complexity index is 210. The first kappa shape index (κ1) is 12.8. The first-order chi connectivity index (χ1) is 7.13. The van der Waals surface area contributed by atoms with Gasteiger partial charge in [0.2, 0.25) is 0 Å². The number of hydrogen-bond acceptors (Lipinski definition) is 5. The van der Waals surface area contributed by atoms with Crippen LogP contribution < -0.4 is 5.32 Å². The number of aliphatic hydroxyl groups is 2. The van der Waals surface area contributed by atoms with Crippen molar-refractivity contribution in [1.82, 2.24) is 5.32 Å². The quantitative estimate of drug-likeness (QED) is 0.444. The van der Waals surface area contributed by atoms with Crippen LogP contribution in [-0.2, 0) is 4.79 Å². The van der Waals surface area contributed by atoms with Crippen molar-refractivity contribution in [3.05, 3.63) is 0 Å². The van der Waals surface area contributed by atoms with E-state index < -0.39 is 18.1 Å². The summed E-state index contributed by atoms with van der Waals surface area (Å²) >= 11 is 1.34. The fourth-order valence-corrected chi connectivity index (χ4v) is 2.09. The van der Waals surface area contributed by atoms with Gasteiger partial charge in [-0.3, -0.25) is 4.79 Å². The third-order valence-electron chi connectivity index (χ3n) is 2.12. The van der Waals surface area contributed by atoms with Gasteiger partial charge < -0.3 is 20.6 Å². The zero-order valence-corrected chi connectivity index (χ0v) is 9.24. The van der Waals surface area contributed by atoms with Crippen molar-refractivity contribution in [1.29, 1.82) is 0 Å². The molecule has 0 aromatic rings. The van der Waals surface area contributed by atoms with Gasteiger partial charge in [0.05, 0.1) is 12.7 Å². The van der Waals surface area contributed by atoms with Crippen molar-refractivity contribution in [3.8, 4) is 0 Å². The van der Waals surface area contributed by atoms with Crippen LogP contribution in [0.2, 0.25) is 0 Å². The lowest BCUT2D eigenvalue weighted by Gasteiger charge is -2.14. The SMILES string of the molecule is O=C(O)C(CSCC(O)CO)NC1CC1. The summed E-state index contributed by atoms with van der Waals surface area (Å²) in [5.41, 5.74) is 0. The number of carbonyl (C=O) groups is 1. The summed E-state index contributed by atoms with van der Waals surface area (Å²) < 4.78 is 0. The summed E-state index contributed by atoms with van der Waals surface area (Å²) in [5.74, 6) is -0.0666. The molecule has 15 heavy (non-hydrogen) atoms. The zero-order chi connectivity index (χ0) is 11.3. The second-order valence-corrected chi connectivity index (χ2v) is 4.78. The van der Waals surface area contributed by atoms with E-state index in [9.17, 15) is 4.79 Å². The average molecular weight is 235 g/mol. The summed E-state index contributed by atoms with van der Waals surface area (Å²) in [5, 5.41) is 29.5. The van der Waals surface area contributed by atoms with Crippen LogP contribution in [0, 0.1) is 0 Å². The normalized spacial score (nSPS) is 19.9. The van der Waals surface area contributed by atoms with Crippen molar-refractivity contribution < 1.29 is 20.1 Å². The molecule has 1 saturated carbocycles. The van der Waals surface area contributed by atoms with Crippen LogP contribution in [0.3, 0.4) is 0 Å². The maximum atomic E-state index is 10.8. The highest BCUT2D eigenvalue weighted by Gasteiger charge is 2.28. The molecule has 88 valence electrons. The van der Waals surface area contributed by atoms with Crippen LogP contribution in [0.15, 0.2) is 0 Å². The van der Waals surface area contributed by atoms with E-state index in [1.165, 1.54) is 11.8 Å². The lowest BCUT2D eigenvalue weighted by Crippen LogP contribution is -2.40. The number of rotatable bonds is 8. The lowest BCUT2D eigenvalue weighted by atomic mass is 10.3. The van der Waals surface area contributed by atoms with E-state index in [1.54, 1.807) is 0 Å². The molecule has 1 fully saturated rings.